The first-order valence-electron chi connectivity index (χ1n) is 5.31. The number of unbranched alkanes of at least 4 members (excludes halogenated alkanes) is 2. The van der Waals surface area contributed by atoms with Gasteiger partial charge in [0, 0.05) is 12.2 Å². The molecule has 1 aromatic carbocycles. The van der Waals surface area contributed by atoms with E-state index >= 15 is 0 Å². The van der Waals surface area contributed by atoms with Crippen LogP contribution in [0.25, 0.3) is 0 Å². The van der Waals surface area contributed by atoms with Gasteiger partial charge in [0.15, 0.2) is 0 Å². The van der Waals surface area contributed by atoms with Crippen LogP contribution in [-0.2, 0) is 0 Å². The summed E-state index contributed by atoms with van der Waals surface area (Å²) in [5, 5.41) is 9.05. The fourth-order valence-corrected chi connectivity index (χ4v) is 1.46. The van der Waals surface area contributed by atoms with Gasteiger partial charge >= 0.3 is 6.09 Å². The first kappa shape index (κ1) is 11.6. The van der Waals surface area contributed by atoms with Crippen LogP contribution in [0.2, 0.25) is 0 Å². The smallest absolute Gasteiger partial charge is 0.411 e. The van der Waals surface area contributed by atoms with Gasteiger partial charge in [-0.15, -0.1) is 0 Å². The molecule has 0 aromatic heterocycles. The number of carbonyl (C=O) groups is 1. The number of hydrogen-bond donors (Lipinski definition) is 1. The van der Waals surface area contributed by atoms with Gasteiger partial charge in [-0.1, -0.05) is 38.0 Å². The van der Waals surface area contributed by atoms with E-state index in [-0.39, 0.29) is 0 Å². The summed E-state index contributed by atoms with van der Waals surface area (Å²) < 4.78 is 0. The van der Waals surface area contributed by atoms with E-state index in [0.717, 1.165) is 24.9 Å². The number of amides is 1. The van der Waals surface area contributed by atoms with Gasteiger partial charge in [0.2, 0.25) is 0 Å². The summed E-state index contributed by atoms with van der Waals surface area (Å²) in [5.41, 5.74) is 0.751. The summed E-state index contributed by atoms with van der Waals surface area (Å²) in [6.07, 6.45) is 2.20. The monoisotopic (exact) mass is 207 g/mol. The van der Waals surface area contributed by atoms with E-state index < -0.39 is 6.09 Å². The average Bonchev–Trinajstić information content (AvgIpc) is 2.25. The molecule has 82 valence electrons. The van der Waals surface area contributed by atoms with Crippen molar-refractivity contribution in [3.63, 3.8) is 0 Å². The summed E-state index contributed by atoms with van der Waals surface area (Å²) in [5.74, 6) is 0. The molecule has 0 radical (unpaired) electrons. The molecule has 0 fully saturated rings. The Labute approximate surface area is 90.3 Å². The Morgan fingerprint density at radius 2 is 1.93 bits per heavy atom. The Morgan fingerprint density at radius 1 is 1.27 bits per heavy atom. The second-order valence-electron chi connectivity index (χ2n) is 3.48. The van der Waals surface area contributed by atoms with Crippen molar-refractivity contribution in [3.05, 3.63) is 30.3 Å². The molecule has 0 aliphatic heterocycles. The normalized spacial score (nSPS) is 9.93. The first-order valence-corrected chi connectivity index (χ1v) is 5.31. The first-order chi connectivity index (χ1) is 7.25. The summed E-state index contributed by atoms with van der Waals surface area (Å²) in [4.78, 5) is 12.4. The Morgan fingerprint density at radius 3 is 2.47 bits per heavy atom. The van der Waals surface area contributed by atoms with Crippen molar-refractivity contribution in [1.82, 2.24) is 0 Å². The fourth-order valence-electron chi connectivity index (χ4n) is 1.46. The van der Waals surface area contributed by atoms with Gasteiger partial charge < -0.3 is 5.11 Å². The lowest BCUT2D eigenvalue weighted by molar-refractivity contribution is 0.201. The van der Waals surface area contributed by atoms with Gasteiger partial charge in [-0.05, 0) is 18.6 Å². The maximum absolute atomic E-state index is 11.0. The predicted octanol–water partition coefficient (Wildman–Crippen LogP) is 3.36. The maximum atomic E-state index is 11.0. The lowest BCUT2D eigenvalue weighted by Gasteiger charge is -2.18. The molecule has 0 saturated carbocycles. The molecule has 0 spiro atoms. The molecule has 1 N–H and O–H groups in total. The lowest BCUT2D eigenvalue weighted by Crippen LogP contribution is -2.30. The van der Waals surface area contributed by atoms with Crippen LogP contribution in [0.4, 0.5) is 10.5 Å². The molecule has 0 heterocycles. The Kier molecular flexibility index (Phi) is 4.68. The molecule has 15 heavy (non-hydrogen) atoms. The summed E-state index contributed by atoms with van der Waals surface area (Å²) in [6, 6.07) is 9.23. The van der Waals surface area contributed by atoms with E-state index in [2.05, 4.69) is 6.92 Å². The number of benzene rings is 1. The van der Waals surface area contributed by atoms with E-state index in [1.54, 1.807) is 0 Å². The molecule has 1 rings (SSSR count). The van der Waals surface area contributed by atoms with Crippen LogP contribution >= 0.6 is 0 Å². The van der Waals surface area contributed by atoms with Crippen LogP contribution in [-0.4, -0.2) is 17.7 Å². The minimum Gasteiger partial charge on any atom is -0.465 e. The Bertz CT molecular complexity index is 298. The van der Waals surface area contributed by atoms with Gasteiger partial charge in [0.05, 0.1) is 0 Å². The zero-order valence-electron chi connectivity index (χ0n) is 9.02. The van der Waals surface area contributed by atoms with Crippen LogP contribution in [0.3, 0.4) is 0 Å². The molecule has 3 heteroatoms. The second kappa shape index (κ2) is 6.06. The van der Waals surface area contributed by atoms with Gasteiger partial charge in [-0.2, -0.15) is 0 Å². The minimum atomic E-state index is -0.877. The molecular weight excluding hydrogens is 190 g/mol. The second-order valence-corrected chi connectivity index (χ2v) is 3.48. The number of nitrogens with zero attached hydrogens (tertiary/aromatic N) is 1. The zero-order chi connectivity index (χ0) is 11.1. The largest absolute Gasteiger partial charge is 0.465 e. The third-order valence-electron chi connectivity index (χ3n) is 2.28. The quantitative estimate of drug-likeness (QED) is 0.752. The van der Waals surface area contributed by atoms with Gasteiger partial charge in [0.25, 0.3) is 0 Å². The maximum Gasteiger partial charge on any atom is 0.411 e. The van der Waals surface area contributed by atoms with Crippen molar-refractivity contribution in [3.8, 4) is 0 Å². The third-order valence-corrected chi connectivity index (χ3v) is 2.28. The Hall–Kier alpha value is -1.51. The van der Waals surface area contributed by atoms with Crippen molar-refractivity contribution in [2.24, 2.45) is 0 Å². The molecule has 0 aliphatic rings. The van der Waals surface area contributed by atoms with Gasteiger partial charge in [-0.3, -0.25) is 4.90 Å². The molecule has 0 saturated heterocycles. The number of para-hydroxylation sites is 1. The van der Waals surface area contributed by atoms with Crippen molar-refractivity contribution >= 4 is 11.8 Å². The highest BCUT2D eigenvalue weighted by atomic mass is 16.4. The molecule has 0 unspecified atom stereocenters. The number of hydrogen-bond acceptors (Lipinski definition) is 1. The number of anilines is 1. The molecule has 0 atom stereocenters. The Balaban J connectivity index is 2.62. The van der Waals surface area contributed by atoms with Gasteiger partial charge in [-0.25, -0.2) is 4.79 Å². The minimum absolute atomic E-state index is 0.577. The van der Waals surface area contributed by atoms with Crippen LogP contribution in [0, 0.1) is 0 Å². The van der Waals surface area contributed by atoms with Crippen LogP contribution < -0.4 is 4.90 Å². The van der Waals surface area contributed by atoms with E-state index in [0.29, 0.717) is 6.54 Å². The predicted molar refractivity (Wildman–Crippen MR) is 61.3 cm³/mol. The molecule has 3 nitrogen and oxygen atoms in total. The van der Waals surface area contributed by atoms with Crippen LogP contribution in [0.5, 0.6) is 0 Å². The van der Waals surface area contributed by atoms with Crippen LogP contribution in [0.15, 0.2) is 30.3 Å². The highest BCUT2D eigenvalue weighted by Gasteiger charge is 2.12. The fraction of sp³-hybridized carbons (Fsp3) is 0.417. The van der Waals surface area contributed by atoms with E-state index in [1.807, 2.05) is 30.3 Å². The van der Waals surface area contributed by atoms with Crippen molar-refractivity contribution in [2.75, 3.05) is 11.4 Å². The van der Waals surface area contributed by atoms with Crippen molar-refractivity contribution in [2.45, 2.75) is 26.2 Å². The topological polar surface area (TPSA) is 40.5 Å². The summed E-state index contributed by atoms with van der Waals surface area (Å²) in [7, 11) is 0. The standard InChI is InChI=1S/C12H17NO2/c1-2-3-7-10-13(12(14)15)11-8-5-4-6-9-11/h4-6,8-9H,2-3,7,10H2,1H3,(H,14,15). The molecule has 0 bridgehead atoms. The third kappa shape index (κ3) is 3.62. The number of carboxylic acid groups (broad SMARTS) is 1. The average molecular weight is 207 g/mol. The van der Waals surface area contributed by atoms with Crippen molar-refractivity contribution < 1.29 is 9.90 Å². The zero-order valence-corrected chi connectivity index (χ0v) is 9.02. The molecular formula is C12H17NO2. The highest BCUT2D eigenvalue weighted by Crippen LogP contribution is 2.14. The molecule has 1 amide bonds. The van der Waals surface area contributed by atoms with Crippen LogP contribution in [0.1, 0.15) is 26.2 Å². The van der Waals surface area contributed by atoms with Gasteiger partial charge in [0.1, 0.15) is 0 Å². The van der Waals surface area contributed by atoms with E-state index in [4.69, 9.17) is 5.11 Å². The number of rotatable bonds is 5. The molecule has 1 aromatic rings. The SMILES string of the molecule is CCCCCN(C(=O)O)c1ccccc1. The molecule has 0 aliphatic carbocycles. The highest BCUT2D eigenvalue weighted by molar-refractivity contribution is 5.85. The summed E-state index contributed by atoms with van der Waals surface area (Å²) >= 11 is 0. The summed E-state index contributed by atoms with van der Waals surface area (Å²) in [6.45, 7) is 2.68. The lowest BCUT2D eigenvalue weighted by atomic mass is 10.2. The van der Waals surface area contributed by atoms with E-state index in [1.165, 1.54) is 4.90 Å². The van der Waals surface area contributed by atoms with E-state index in [9.17, 15) is 4.79 Å². The van der Waals surface area contributed by atoms with Crippen molar-refractivity contribution in [1.29, 1.82) is 0 Å².